The average molecular weight is 623 g/mol. The van der Waals surface area contributed by atoms with Crippen molar-refractivity contribution in [2.75, 3.05) is 23.3 Å². The Hall–Kier alpha value is -4.64. The molecule has 0 fully saturated rings. The maximum absolute atomic E-state index is 6.60. The van der Waals surface area contributed by atoms with E-state index in [1.54, 1.807) is 0 Å². The first-order chi connectivity index (χ1) is 21.6. The van der Waals surface area contributed by atoms with Gasteiger partial charge in [-0.05, 0) is 62.4 Å². The molecule has 0 bridgehead atoms. The van der Waals surface area contributed by atoms with Gasteiger partial charge in [-0.3, -0.25) is 10.2 Å². The second-order valence-corrected chi connectivity index (χ2v) is 13.9. The van der Waals surface area contributed by atoms with E-state index in [1.807, 2.05) is 135 Å². The second kappa shape index (κ2) is 11.8. The summed E-state index contributed by atoms with van der Waals surface area (Å²) in [4.78, 5) is 0. The van der Waals surface area contributed by atoms with Gasteiger partial charge in [0.25, 0.3) is 0 Å². The highest BCUT2D eigenvalue weighted by molar-refractivity contribution is 7.59. The van der Waals surface area contributed by atoms with E-state index in [0.29, 0.717) is 13.1 Å². The predicted octanol–water partition coefficient (Wildman–Crippen LogP) is 10.7. The number of rotatable bonds is 6. The van der Waals surface area contributed by atoms with E-state index in [1.165, 1.54) is 0 Å². The zero-order valence-corrected chi connectivity index (χ0v) is 26.2. The number of fused-ring (bicyclic) bond motifs is 6. The van der Waals surface area contributed by atoms with E-state index < -0.39 is 15.3 Å². The topological polar surface area (TPSA) is 85.7 Å². The van der Waals surface area contributed by atoms with Crippen LogP contribution < -0.4 is 28.3 Å². The third kappa shape index (κ3) is 5.43. The highest BCUT2D eigenvalue weighted by Crippen LogP contribution is 2.59. The standard InChI is InChI=1S/C34H32N4O4P2/c1-3-35-43(39-31-17-9-5-13-27(31)28-14-6-10-18-32(28)40-43)37-25-21-23-26(24-22-25)38-44(36-4-2)41-33-19-11-7-15-29(33)30-16-8-12-20-34(30)42-44/h5-24,37-38H,3-4H2,1-2H3. The summed E-state index contributed by atoms with van der Waals surface area (Å²) >= 11 is 0. The number of benzene rings is 5. The summed E-state index contributed by atoms with van der Waals surface area (Å²) in [5.41, 5.74) is 5.49. The molecule has 10 heteroatoms. The van der Waals surface area contributed by atoms with Crippen molar-refractivity contribution in [3.05, 3.63) is 121 Å². The zero-order chi connectivity index (χ0) is 30.0. The number of hydrogen-bond donors (Lipinski definition) is 2. The Morgan fingerprint density at radius 1 is 0.432 bits per heavy atom. The van der Waals surface area contributed by atoms with Crippen LogP contribution >= 0.6 is 15.3 Å². The van der Waals surface area contributed by atoms with Crippen molar-refractivity contribution < 1.29 is 18.1 Å². The molecule has 0 spiro atoms. The zero-order valence-electron chi connectivity index (χ0n) is 24.4. The summed E-state index contributed by atoms with van der Waals surface area (Å²) in [5.74, 6) is 2.91. The molecule has 0 unspecified atom stereocenters. The molecule has 0 saturated heterocycles. The molecule has 7 rings (SSSR count). The second-order valence-electron chi connectivity index (χ2n) is 10.1. The number of hydrogen-bond acceptors (Lipinski definition) is 6. The summed E-state index contributed by atoms with van der Waals surface area (Å²) in [5, 5.41) is 7.03. The lowest BCUT2D eigenvalue weighted by atomic mass is 10.0. The predicted molar refractivity (Wildman–Crippen MR) is 180 cm³/mol. The Balaban J connectivity index is 1.21. The van der Waals surface area contributed by atoms with Crippen LogP contribution in [0.3, 0.4) is 0 Å². The molecule has 0 aromatic heterocycles. The fraction of sp³-hybridized carbons (Fsp3) is 0.118. The van der Waals surface area contributed by atoms with Gasteiger partial charge in [0, 0.05) is 46.7 Å². The molecule has 0 amide bonds. The Morgan fingerprint density at radius 2 is 0.705 bits per heavy atom. The van der Waals surface area contributed by atoms with Crippen molar-refractivity contribution in [2.45, 2.75) is 13.8 Å². The molecule has 5 aromatic carbocycles. The minimum Gasteiger partial charge on any atom is -0.414 e. The molecule has 2 aliphatic heterocycles. The lowest BCUT2D eigenvalue weighted by molar-refractivity contribution is 0.487. The largest absolute Gasteiger partial charge is 0.422 e. The van der Waals surface area contributed by atoms with E-state index >= 15 is 0 Å². The lowest BCUT2D eigenvalue weighted by Gasteiger charge is -2.26. The van der Waals surface area contributed by atoms with Crippen LogP contribution in [0.2, 0.25) is 0 Å². The van der Waals surface area contributed by atoms with Crippen LogP contribution in [0.25, 0.3) is 22.3 Å². The number of nitrogens with zero attached hydrogens (tertiary/aromatic N) is 2. The molecule has 0 saturated carbocycles. The maximum Gasteiger partial charge on any atom is 0.422 e. The SMILES string of the molecule is CCN=P1(Nc2ccc(NP3(=NCC)Oc4ccccc4-c4ccccc4O3)cc2)Oc2ccccc2-c2ccccc2O1. The van der Waals surface area contributed by atoms with E-state index in [9.17, 15) is 0 Å². The highest BCUT2D eigenvalue weighted by atomic mass is 31.2. The van der Waals surface area contributed by atoms with Gasteiger partial charge in [-0.25, -0.2) is 9.49 Å². The average Bonchev–Trinajstić information content (AvgIpc) is 3.26. The molecule has 44 heavy (non-hydrogen) atoms. The molecule has 0 radical (unpaired) electrons. The number of anilines is 2. The first-order valence-corrected chi connectivity index (χ1v) is 17.7. The molecule has 0 aliphatic carbocycles. The molecule has 2 aliphatic rings. The van der Waals surface area contributed by atoms with Gasteiger partial charge in [0.05, 0.1) is 0 Å². The monoisotopic (exact) mass is 622 g/mol. The van der Waals surface area contributed by atoms with E-state index in [-0.39, 0.29) is 0 Å². The van der Waals surface area contributed by atoms with Crippen molar-refractivity contribution >= 4 is 26.7 Å². The fourth-order valence-corrected chi connectivity index (χ4v) is 9.27. The van der Waals surface area contributed by atoms with Gasteiger partial charge in [0.2, 0.25) is 0 Å². The molecule has 0 atom stereocenters. The Bertz CT molecular complexity index is 1700. The fourth-order valence-electron chi connectivity index (χ4n) is 5.24. The van der Waals surface area contributed by atoms with Gasteiger partial charge in [-0.1, -0.05) is 72.8 Å². The van der Waals surface area contributed by atoms with Crippen LogP contribution in [0, 0.1) is 0 Å². The van der Waals surface area contributed by atoms with Gasteiger partial charge in [-0.15, -0.1) is 0 Å². The highest BCUT2D eigenvalue weighted by Gasteiger charge is 2.34. The summed E-state index contributed by atoms with van der Waals surface area (Å²) in [6, 6.07) is 39.7. The minimum absolute atomic E-state index is 0.522. The van der Waals surface area contributed by atoms with Gasteiger partial charge in [-0.2, -0.15) is 0 Å². The first kappa shape index (κ1) is 28.1. The summed E-state index contributed by atoms with van der Waals surface area (Å²) in [6.45, 7) is 5.01. The molecular weight excluding hydrogens is 590 g/mol. The quantitative estimate of drug-likeness (QED) is 0.183. The van der Waals surface area contributed by atoms with E-state index in [4.69, 9.17) is 27.6 Å². The normalized spacial score (nSPS) is 15.0. The van der Waals surface area contributed by atoms with Crippen molar-refractivity contribution in [1.29, 1.82) is 0 Å². The molecule has 2 heterocycles. The Labute approximate surface area is 257 Å². The van der Waals surface area contributed by atoms with Crippen LogP contribution in [0.1, 0.15) is 13.8 Å². The first-order valence-electron chi connectivity index (χ1n) is 14.6. The van der Waals surface area contributed by atoms with Crippen molar-refractivity contribution in [3.63, 3.8) is 0 Å². The van der Waals surface area contributed by atoms with Crippen LogP contribution in [-0.4, -0.2) is 13.1 Å². The van der Waals surface area contributed by atoms with Crippen LogP contribution in [-0.2, 0) is 0 Å². The van der Waals surface area contributed by atoms with E-state index in [2.05, 4.69) is 10.2 Å². The molecule has 222 valence electrons. The minimum atomic E-state index is -2.98. The third-order valence-corrected chi connectivity index (χ3v) is 11.3. The van der Waals surface area contributed by atoms with Crippen molar-refractivity contribution in [3.8, 4) is 45.3 Å². The van der Waals surface area contributed by atoms with Crippen LogP contribution in [0.5, 0.6) is 23.0 Å². The molecule has 8 nitrogen and oxygen atoms in total. The van der Waals surface area contributed by atoms with Gasteiger partial charge < -0.3 is 18.1 Å². The Kier molecular flexibility index (Phi) is 7.55. The number of nitrogens with one attached hydrogen (secondary N) is 2. The third-order valence-electron chi connectivity index (χ3n) is 7.10. The Morgan fingerprint density at radius 3 is 0.977 bits per heavy atom. The summed E-state index contributed by atoms with van der Waals surface area (Å²) in [7, 11) is -5.96. The maximum atomic E-state index is 6.60. The number of para-hydroxylation sites is 4. The van der Waals surface area contributed by atoms with E-state index in [0.717, 1.165) is 56.6 Å². The van der Waals surface area contributed by atoms with Crippen molar-refractivity contribution in [2.24, 2.45) is 9.49 Å². The molecule has 2 N–H and O–H groups in total. The van der Waals surface area contributed by atoms with Crippen LogP contribution in [0.15, 0.2) is 131 Å². The molecular formula is C34H32N4O4P2. The molecule has 5 aromatic rings. The summed E-state index contributed by atoms with van der Waals surface area (Å²) in [6.07, 6.45) is 0. The summed E-state index contributed by atoms with van der Waals surface area (Å²) < 4.78 is 36.1. The smallest absolute Gasteiger partial charge is 0.414 e. The van der Waals surface area contributed by atoms with Gasteiger partial charge in [0.1, 0.15) is 23.0 Å². The van der Waals surface area contributed by atoms with Gasteiger partial charge >= 0.3 is 15.3 Å². The van der Waals surface area contributed by atoms with Crippen molar-refractivity contribution in [1.82, 2.24) is 0 Å². The van der Waals surface area contributed by atoms with Crippen LogP contribution in [0.4, 0.5) is 11.4 Å². The lowest BCUT2D eigenvalue weighted by Crippen LogP contribution is -2.11. The van der Waals surface area contributed by atoms with Gasteiger partial charge in [0.15, 0.2) is 0 Å².